The first kappa shape index (κ1) is 25.2. The third-order valence-electron chi connectivity index (χ3n) is 1.72. The maximum absolute atomic E-state index is 8.93. The van der Waals surface area contributed by atoms with Crippen molar-refractivity contribution in [2.24, 2.45) is 5.41 Å². The third kappa shape index (κ3) is 23.3. The molecule has 0 bridgehead atoms. The molecule has 0 amide bonds. The van der Waals surface area contributed by atoms with E-state index in [9.17, 15) is 0 Å². The van der Waals surface area contributed by atoms with Crippen LogP contribution in [0, 0.1) is 5.41 Å². The van der Waals surface area contributed by atoms with Gasteiger partial charge in [-0.3, -0.25) is 0 Å². The first-order valence-electron chi connectivity index (χ1n) is 7.02. The molecule has 0 atom stereocenters. The summed E-state index contributed by atoms with van der Waals surface area (Å²) in [6.45, 7) is 11.6. The summed E-state index contributed by atoms with van der Waals surface area (Å²) in [4.78, 5) is 0. The van der Waals surface area contributed by atoms with Gasteiger partial charge in [-0.2, -0.15) is 0 Å². The van der Waals surface area contributed by atoms with E-state index in [2.05, 4.69) is 45.1 Å². The van der Waals surface area contributed by atoms with Gasteiger partial charge in [0.1, 0.15) is 0 Å². The van der Waals surface area contributed by atoms with E-state index in [1.165, 1.54) is 30.8 Å². The van der Waals surface area contributed by atoms with Gasteiger partial charge in [0, 0.05) is 0 Å². The average molecular weight is 449 g/mol. The van der Waals surface area contributed by atoms with Crippen molar-refractivity contribution in [3.8, 4) is 0 Å². The molecule has 116 valence electrons. The molecule has 4 heteroatoms. The first-order valence-corrected chi connectivity index (χ1v) is 8.82. The quantitative estimate of drug-likeness (QED) is 0.569. The van der Waals surface area contributed by atoms with E-state index in [0.717, 1.165) is 0 Å². The SMILES string of the molecule is CC(C)(C)C[C]1([Hf+3])C=CC=C1.CC[O-].CC[O-].CC[O-]. The van der Waals surface area contributed by atoms with Gasteiger partial charge in [-0.05, 0) is 0 Å². The summed E-state index contributed by atoms with van der Waals surface area (Å²) in [6, 6.07) is 0. The Balaban J connectivity index is -0.000000268. The fourth-order valence-corrected chi connectivity index (χ4v) is 4.10. The van der Waals surface area contributed by atoms with Crippen molar-refractivity contribution in [3.63, 3.8) is 0 Å². The normalized spacial score (nSPS) is 14.3. The Kier molecular flexibility index (Phi) is 19.7. The second-order valence-electron chi connectivity index (χ2n) is 5.36. The van der Waals surface area contributed by atoms with Crippen molar-refractivity contribution >= 4 is 0 Å². The van der Waals surface area contributed by atoms with Crippen LogP contribution in [0.15, 0.2) is 24.3 Å². The topological polar surface area (TPSA) is 69.2 Å². The second-order valence-corrected chi connectivity index (χ2v) is 8.71. The summed E-state index contributed by atoms with van der Waals surface area (Å²) < 4.78 is 0.457. The van der Waals surface area contributed by atoms with Gasteiger partial charge in [-0.1, -0.05) is 20.8 Å². The summed E-state index contributed by atoms with van der Waals surface area (Å²) in [5, 5.41) is 26.8. The van der Waals surface area contributed by atoms with Crippen LogP contribution in [0.4, 0.5) is 0 Å². The van der Waals surface area contributed by atoms with Gasteiger partial charge in [0.15, 0.2) is 0 Å². The fourth-order valence-electron chi connectivity index (χ4n) is 1.51. The third-order valence-corrected chi connectivity index (χ3v) is 3.55. The number of rotatable bonds is 1. The fraction of sp³-hybridized carbons (Fsp3) is 0.750. The minimum atomic E-state index is 0. The van der Waals surface area contributed by atoms with E-state index >= 15 is 0 Å². The Morgan fingerprint density at radius 3 is 1.30 bits per heavy atom. The van der Waals surface area contributed by atoms with Crippen molar-refractivity contribution < 1.29 is 39.7 Å². The molecule has 0 heterocycles. The van der Waals surface area contributed by atoms with Gasteiger partial charge in [-0.25, -0.2) is 0 Å². The Labute approximate surface area is 140 Å². The van der Waals surface area contributed by atoms with Gasteiger partial charge in [0.25, 0.3) is 0 Å². The van der Waals surface area contributed by atoms with Crippen molar-refractivity contribution in [2.45, 2.75) is 51.1 Å². The van der Waals surface area contributed by atoms with E-state index in [4.69, 9.17) is 15.3 Å². The molecule has 0 radical (unpaired) electrons. The van der Waals surface area contributed by atoms with Crippen LogP contribution in [0.25, 0.3) is 0 Å². The van der Waals surface area contributed by atoms with E-state index in [0.29, 0.717) is 8.59 Å². The molecule has 1 aliphatic rings. The van der Waals surface area contributed by atoms with Crippen molar-refractivity contribution in [1.82, 2.24) is 0 Å². The van der Waals surface area contributed by atoms with Gasteiger partial charge >= 0.3 is 84.5 Å². The summed E-state index contributed by atoms with van der Waals surface area (Å²) in [6.07, 6.45) is 10.4. The Morgan fingerprint density at radius 2 is 1.10 bits per heavy atom. The van der Waals surface area contributed by atoms with Gasteiger partial charge in [0.05, 0.1) is 0 Å². The van der Waals surface area contributed by atoms with Crippen molar-refractivity contribution in [2.75, 3.05) is 19.8 Å². The molecule has 0 saturated carbocycles. The molecule has 0 aromatic heterocycles. The average Bonchev–Trinajstić information content (AvgIpc) is 2.65. The molecule has 20 heavy (non-hydrogen) atoms. The predicted octanol–water partition coefficient (Wildman–Crippen LogP) is 1.35. The summed E-state index contributed by atoms with van der Waals surface area (Å²) in [7, 11) is 0. The number of hydrogen-bond acceptors (Lipinski definition) is 3. The molecule has 1 rings (SSSR count). The molecule has 0 aromatic carbocycles. The first-order chi connectivity index (χ1) is 9.16. The largest absolute Gasteiger partial charge is 0.855 e. The number of allylic oxidation sites excluding steroid dienone is 4. The Hall–Kier alpha value is 0.230. The van der Waals surface area contributed by atoms with Crippen LogP contribution < -0.4 is 15.3 Å². The van der Waals surface area contributed by atoms with Gasteiger partial charge in [0.2, 0.25) is 0 Å². The van der Waals surface area contributed by atoms with E-state index in [1.807, 2.05) is 0 Å². The summed E-state index contributed by atoms with van der Waals surface area (Å²) in [5.41, 5.74) is 0.459. The monoisotopic (exact) mass is 450 g/mol. The zero-order valence-corrected chi connectivity index (χ0v) is 17.5. The van der Waals surface area contributed by atoms with Crippen molar-refractivity contribution in [1.29, 1.82) is 0 Å². The van der Waals surface area contributed by atoms with E-state index in [1.54, 1.807) is 20.8 Å². The van der Waals surface area contributed by atoms with Crippen LogP contribution in [0.5, 0.6) is 0 Å². The maximum atomic E-state index is 8.93. The minimum Gasteiger partial charge on any atom is -0.855 e. The molecule has 0 aliphatic heterocycles. The summed E-state index contributed by atoms with van der Waals surface area (Å²) in [5.74, 6) is 0. The molecule has 0 spiro atoms. The molecular weight excluding hydrogens is 419 g/mol. The molecule has 3 nitrogen and oxygen atoms in total. The zero-order chi connectivity index (χ0) is 16.7. The van der Waals surface area contributed by atoms with Crippen LogP contribution in [0.3, 0.4) is 0 Å². The van der Waals surface area contributed by atoms with Crippen LogP contribution in [0.1, 0.15) is 48.0 Å². The molecule has 0 aromatic rings. The van der Waals surface area contributed by atoms with Crippen LogP contribution in [0.2, 0.25) is 3.17 Å². The smallest absolute Gasteiger partial charge is 0.0809 e. The Bertz CT molecular complexity index is 226. The molecule has 1 aliphatic carbocycles. The minimum absolute atomic E-state index is 0. The zero-order valence-electron chi connectivity index (χ0n) is 13.9. The Morgan fingerprint density at radius 1 is 0.850 bits per heavy atom. The standard InChI is InChI=1S/C10H15.3C2H5O.Hf/c1-10(2,3)8-9-6-4-5-7-9;3*1-2-3;/h4-7H,8H2,1-3H3;3*2H2,1H3;/q;3*-1;+3. The molecular formula is C16H30HfO3. The van der Waals surface area contributed by atoms with Crippen LogP contribution in [-0.4, -0.2) is 19.8 Å². The second kappa shape index (κ2) is 15.6. The maximum Gasteiger partial charge on any atom is -0.0809 e. The van der Waals surface area contributed by atoms with Gasteiger partial charge in [-0.15, -0.1) is 19.8 Å². The van der Waals surface area contributed by atoms with Gasteiger partial charge < -0.3 is 15.3 Å². The molecule has 0 saturated heterocycles. The van der Waals surface area contributed by atoms with Crippen LogP contribution in [-0.2, 0) is 24.4 Å². The van der Waals surface area contributed by atoms with Crippen LogP contribution >= 0.6 is 0 Å². The summed E-state index contributed by atoms with van der Waals surface area (Å²) >= 11 is 1.24. The molecule has 0 unspecified atom stereocenters. The molecule has 0 fully saturated rings. The number of hydrogen-bond donors (Lipinski definition) is 0. The van der Waals surface area contributed by atoms with E-state index < -0.39 is 0 Å². The van der Waals surface area contributed by atoms with E-state index in [-0.39, 0.29) is 19.8 Å². The predicted molar refractivity (Wildman–Crippen MR) is 76.7 cm³/mol. The van der Waals surface area contributed by atoms with Crippen molar-refractivity contribution in [3.05, 3.63) is 24.3 Å². The molecule has 0 N–H and O–H groups in total.